The molecule has 0 saturated heterocycles. The second-order valence-electron chi connectivity index (χ2n) is 4.56. The van der Waals surface area contributed by atoms with Crippen LogP contribution in [0, 0.1) is 6.92 Å². The van der Waals surface area contributed by atoms with Crippen molar-refractivity contribution in [3.8, 4) is 0 Å². The van der Waals surface area contributed by atoms with Crippen molar-refractivity contribution in [3.05, 3.63) is 65.2 Å². The summed E-state index contributed by atoms with van der Waals surface area (Å²) in [5, 5.41) is 0. The Bertz CT molecular complexity index is 546. The van der Waals surface area contributed by atoms with Gasteiger partial charge in [-0.05, 0) is 36.6 Å². The van der Waals surface area contributed by atoms with Crippen LogP contribution >= 0.6 is 11.6 Å². The summed E-state index contributed by atoms with van der Waals surface area (Å²) in [6.45, 7) is 2.03. The first-order valence-electron chi connectivity index (χ1n) is 6.28. The lowest BCUT2D eigenvalue weighted by molar-refractivity contribution is 0.682. The van der Waals surface area contributed by atoms with E-state index in [1.165, 1.54) is 11.1 Å². The van der Waals surface area contributed by atoms with Gasteiger partial charge in [-0.25, -0.2) is 0 Å². The number of hydrogen-bond acceptors (Lipinski definition) is 1. The van der Waals surface area contributed by atoms with Gasteiger partial charge in [-0.2, -0.15) is 0 Å². The third-order valence-electron chi connectivity index (χ3n) is 3.04. The predicted molar refractivity (Wildman–Crippen MR) is 82.2 cm³/mol. The van der Waals surface area contributed by atoms with Crippen LogP contribution in [0.1, 0.15) is 16.7 Å². The number of alkyl halides is 1. The maximum absolute atomic E-state index is 12.1. The van der Waals surface area contributed by atoms with Gasteiger partial charge in [0.15, 0.2) is 0 Å². The minimum Gasteiger partial charge on any atom is -0.254 e. The fourth-order valence-electron chi connectivity index (χ4n) is 1.81. The Morgan fingerprint density at radius 1 is 0.947 bits per heavy atom. The lowest BCUT2D eigenvalue weighted by Crippen LogP contribution is -2.01. The van der Waals surface area contributed by atoms with Gasteiger partial charge >= 0.3 is 0 Å². The van der Waals surface area contributed by atoms with E-state index in [1.807, 2.05) is 43.3 Å². The minimum atomic E-state index is -0.925. The van der Waals surface area contributed by atoms with Crippen LogP contribution in [0.2, 0.25) is 0 Å². The van der Waals surface area contributed by atoms with Gasteiger partial charge in [0, 0.05) is 16.5 Å². The first kappa shape index (κ1) is 14.3. The molecule has 2 aromatic rings. The normalized spacial score (nSPS) is 12.3. The molecule has 0 radical (unpaired) electrons. The van der Waals surface area contributed by atoms with Crippen molar-refractivity contribution in [2.24, 2.45) is 0 Å². The molecule has 0 heterocycles. The van der Waals surface area contributed by atoms with E-state index >= 15 is 0 Å². The molecule has 19 heavy (non-hydrogen) atoms. The predicted octanol–water partition coefficient (Wildman–Crippen LogP) is 4.08. The molecule has 3 heteroatoms. The van der Waals surface area contributed by atoms with Crippen molar-refractivity contribution >= 4 is 22.4 Å². The molecule has 0 spiro atoms. The Labute approximate surface area is 122 Å². The quantitative estimate of drug-likeness (QED) is 0.759. The minimum absolute atomic E-state index is 0.537. The average Bonchev–Trinajstić information content (AvgIpc) is 2.46. The van der Waals surface area contributed by atoms with E-state index < -0.39 is 10.8 Å². The molecule has 0 amide bonds. The van der Waals surface area contributed by atoms with Crippen molar-refractivity contribution in [3.63, 3.8) is 0 Å². The molecule has 0 N–H and O–H groups in total. The molecule has 2 rings (SSSR count). The number of hydrogen-bond donors (Lipinski definition) is 0. The molecule has 1 unspecified atom stereocenters. The highest BCUT2D eigenvalue weighted by molar-refractivity contribution is 7.85. The van der Waals surface area contributed by atoms with Crippen molar-refractivity contribution in [2.75, 3.05) is 5.75 Å². The molecule has 0 aromatic heterocycles. The summed E-state index contributed by atoms with van der Waals surface area (Å²) >= 11 is 5.75. The Morgan fingerprint density at radius 3 is 2.11 bits per heavy atom. The molecule has 0 aliphatic rings. The van der Waals surface area contributed by atoms with Gasteiger partial charge in [-0.1, -0.05) is 42.0 Å². The van der Waals surface area contributed by atoms with Gasteiger partial charge in [0.2, 0.25) is 0 Å². The Balaban J connectivity index is 1.94. The summed E-state index contributed by atoms with van der Waals surface area (Å²) in [5.41, 5.74) is 3.51. The molecule has 0 aliphatic carbocycles. The summed E-state index contributed by atoms with van der Waals surface area (Å²) in [7, 11) is -0.925. The first-order valence-corrected chi connectivity index (χ1v) is 8.13. The van der Waals surface area contributed by atoms with Crippen LogP contribution in [0.5, 0.6) is 0 Å². The average molecular weight is 293 g/mol. The molecule has 2 aromatic carbocycles. The molecule has 0 fully saturated rings. The summed E-state index contributed by atoms with van der Waals surface area (Å²) in [6, 6.07) is 16.1. The SMILES string of the molecule is Cc1ccc(S(=O)CCc2ccc(CCl)cc2)cc1. The number of rotatable bonds is 5. The smallest absolute Gasteiger partial charge is 0.0532 e. The van der Waals surface area contributed by atoms with Crippen molar-refractivity contribution in [1.29, 1.82) is 0 Å². The Hall–Kier alpha value is -1.12. The van der Waals surface area contributed by atoms with Gasteiger partial charge in [-0.3, -0.25) is 4.21 Å². The summed E-state index contributed by atoms with van der Waals surface area (Å²) < 4.78 is 12.1. The largest absolute Gasteiger partial charge is 0.254 e. The van der Waals surface area contributed by atoms with E-state index in [2.05, 4.69) is 12.1 Å². The molecule has 1 nitrogen and oxygen atoms in total. The van der Waals surface area contributed by atoms with Crippen LogP contribution < -0.4 is 0 Å². The topological polar surface area (TPSA) is 17.1 Å². The van der Waals surface area contributed by atoms with E-state index in [1.54, 1.807) is 0 Å². The number of aryl methyl sites for hydroxylation is 2. The van der Waals surface area contributed by atoms with E-state index in [0.29, 0.717) is 11.6 Å². The van der Waals surface area contributed by atoms with Crippen LogP contribution in [-0.2, 0) is 23.1 Å². The highest BCUT2D eigenvalue weighted by atomic mass is 35.5. The second kappa shape index (κ2) is 6.88. The van der Waals surface area contributed by atoms with Gasteiger partial charge in [0.25, 0.3) is 0 Å². The fraction of sp³-hybridized carbons (Fsp3) is 0.250. The molecule has 1 atom stereocenters. The van der Waals surface area contributed by atoms with Crippen LogP contribution in [0.4, 0.5) is 0 Å². The Morgan fingerprint density at radius 2 is 1.53 bits per heavy atom. The third kappa shape index (κ3) is 4.19. The highest BCUT2D eigenvalue weighted by Gasteiger charge is 2.04. The van der Waals surface area contributed by atoms with Gasteiger partial charge in [0.05, 0.1) is 10.8 Å². The van der Waals surface area contributed by atoms with Crippen LogP contribution in [-0.4, -0.2) is 9.96 Å². The molecular weight excluding hydrogens is 276 g/mol. The molecule has 0 aliphatic heterocycles. The van der Waals surface area contributed by atoms with Crippen molar-refractivity contribution in [2.45, 2.75) is 24.1 Å². The maximum Gasteiger partial charge on any atom is 0.0532 e. The molecule has 100 valence electrons. The van der Waals surface area contributed by atoms with Crippen LogP contribution in [0.3, 0.4) is 0 Å². The van der Waals surface area contributed by atoms with Gasteiger partial charge in [-0.15, -0.1) is 11.6 Å². The standard InChI is InChI=1S/C16H17ClOS/c1-13-2-8-16(9-3-13)19(18)11-10-14-4-6-15(12-17)7-5-14/h2-9H,10-12H2,1H3. The summed E-state index contributed by atoms with van der Waals surface area (Å²) in [5.74, 6) is 1.19. The number of halogens is 1. The second-order valence-corrected chi connectivity index (χ2v) is 6.40. The van der Waals surface area contributed by atoms with Gasteiger partial charge < -0.3 is 0 Å². The van der Waals surface area contributed by atoms with Crippen molar-refractivity contribution < 1.29 is 4.21 Å². The van der Waals surface area contributed by atoms with E-state index in [9.17, 15) is 4.21 Å². The lowest BCUT2D eigenvalue weighted by atomic mass is 10.1. The van der Waals surface area contributed by atoms with Gasteiger partial charge in [0.1, 0.15) is 0 Å². The van der Waals surface area contributed by atoms with Crippen LogP contribution in [0.25, 0.3) is 0 Å². The fourth-order valence-corrected chi connectivity index (χ4v) is 3.09. The highest BCUT2D eigenvalue weighted by Crippen LogP contribution is 2.12. The van der Waals surface area contributed by atoms with E-state index in [4.69, 9.17) is 11.6 Å². The summed E-state index contributed by atoms with van der Waals surface area (Å²) in [4.78, 5) is 0.906. The zero-order valence-electron chi connectivity index (χ0n) is 10.9. The third-order valence-corrected chi connectivity index (χ3v) is 4.72. The van der Waals surface area contributed by atoms with Crippen molar-refractivity contribution in [1.82, 2.24) is 0 Å². The summed E-state index contributed by atoms with van der Waals surface area (Å²) in [6.07, 6.45) is 0.822. The zero-order chi connectivity index (χ0) is 13.7. The number of benzene rings is 2. The molecule has 0 saturated carbocycles. The van der Waals surface area contributed by atoms with E-state index in [-0.39, 0.29) is 0 Å². The zero-order valence-corrected chi connectivity index (χ0v) is 12.5. The maximum atomic E-state index is 12.1. The molecule has 0 bridgehead atoms. The molecular formula is C16H17ClOS. The van der Waals surface area contributed by atoms with E-state index in [0.717, 1.165) is 16.9 Å². The first-order chi connectivity index (χ1) is 9.19. The monoisotopic (exact) mass is 292 g/mol. The lowest BCUT2D eigenvalue weighted by Gasteiger charge is -2.04. The Kier molecular flexibility index (Phi) is 5.17. The van der Waals surface area contributed by atoms with Crippen LogP contribution in [0.15, 0.2) is 53.4 Å².